The van der Waals surface area contributed by atoms with E-state index in [2.05, 4.69) is 15.3 Å². The van der Waals surface area contributed by atoms with Crippen LogP contribution in [-0.2, 0) is 0 Å². The third kappa shape index (κ3) is 3.85. The van der Waals surface area contributed by atoms with E-state index in [1.165, 1.54) is 11.8 Å². The molecule has 0 saturated carbocycles. The quantitative estimate of drug-likeness (QED) is 0.615. The van der Waals surface area contributed by atoms with Gasteiger partial charge in [-0.25, -0.2) is 9.97 Å². The second-order valence-electron chi connectivity index (χ2n) is 3.20. The van der Waals surface area contributed by atoms with Gasteiger partial charge >= 0.3 is 0 Å². The number of aromatic nitrogens is 2. The molecule has 0 bridgehead atoms. The fourth-order valence-corrected chi connectivity index (χ4v) is 1.99. The van der Waals surface area contributed by atoms with Gasteiger partial charge in [0, 0.05) is 19.4 Å². The Labute approximate surface area is 98.5 Å². The number of anilines is 1. The average molecular weight is 248 g/mol. The number of rotatable bonds is 5. The normalized spacial score (nSPS) is 12.5. The van der Waals surface area contributed by atoms with Crippen LogP contribution < -0.4 is 5.32 Å². The van der Waals surface area contributed by atoms with Crippen LogP contribution in [0.2, 0.25) is 5.02 Å². The number of nitrogens with one attached hydrogen (secondary N) is 1. The number of hydrogen-bond acceptors (Lipinski definition) is 5. The molecule has 1 heterocycles. The maximum atomic E-state index is 8.89. The molecule has 0 spiro atoms. The number of aliphatic hydroxyl groups excluding tert-OH is 1. The van der Waals surface area contributed by atoms with Gasteiger partial charge in [-0.3, -0.25) is 0 Å². The van der Waals surface area contributed by atoms with Crippen LogP contribution in [0.5, 0.6) is 0 Å². The second-order valence-corrected chi connectivity index (χ2v) is 4.61. The molecule has 0 saturated heterocycles. The summed E-state index contributed by atoms with van der Waals surface area (Å²) in [6.07, 6.45) is 1.58. The smallest absolute Gasteiger partial charge is 0.223 e. The molecule has 1 aromatic rings. The van der Waals surface area contributed by atoms with E-state index in [9.17, 15) is 0 Å². The summed E-state index contributed by atoms with van der Waals surface area (Å²) in [5, 5.41) is 13.0. The van der Waals surface area contributed by atoms with Gasteiger partial charge in [-0.2, -0.15) is 0 Å². The molecule has 1 atom stereocenters. The summed E-state index contributed by atoms with van der Waals surface area (Å²) in [5.74, 6) is 1.58. The molecule has 0 amide bonds. The predicted molar refractivity (Wildman–Crippen MR) is 63.6 cm³/mol. The lowest BCUT2D eigenvalue weighted by atomic mass is 10.2. The number of hydrogen-bond donors (Lipinski definition) is 2. The van der Waals surface area contributed by atoms with E-state index < -0.39 is 0 Å². The van der Waals surface area contributed by atoms with Gasteiger partial charge < -0.3 is 10.4 Å². The van der Waals surface area contributed by atoms with Crippen LogP contribution >= 0.6 is 23.4 Å². The van der Waals surface area contributed by atoms with Gasteiger partial charge in [-0.15, -0.1) is 11.8 Å². The molecule has 2 N–H and O–H groups in total. The summed E-state index contributed by atoms with van der Waals surface area (Å²) in [6, 6.07) is 0. The van der Waals surface area contributed by atoms with Gasteiger partial charge in [0.15, 0.2) is 0 Å². The van der Waals surface area contributed by atoms with Gasteiger partial charge in [-0.05, 0) is 5.92 Å². The Balaban J connectivity index is 2.66. The Morgan fingerprint density at radius 3 is 3.00 bits per heavy atom. The minimum absolute atomic E-state index is 0.175. The lowest BCUT2D eigenvalue weighted by Gasteiger charge is -2.08. The van der Waals surface area contributed by atoms with Crippen molar-refractivity contribution in [3.05, 3.63) is 11.2 Å². The van der Waals surface area contributed by atoms with Crippen molar-refractivity contribution in [2.24, 2.45) is 5.92 Å². The highest BCUT2D eigenvalue weighted by Gasteiger charge is 2.07. The average Bonchev–Trinajstić information content (AvgIpc) is 2.27. The van der Waals surface area contributed by atoms with Gasteiger partial charge in [0.1, 0.15) is 5.03 Å². The summed E-state index contributed by atoms with van der Waals surface area (Å²) >= 11 is 7.47. The van der Waals surface area contributed by atoms with E-state index in [0.717, 1.165) is 10.8 Å². The van der Waals surface area contributed by atoms with Crippen LogP contribution in [0.3, 0.4) is 0 Å². The summed E-state index contributed by atoms with van der Waals surface area (Å²) < 4.78 is 0. The molecule has 0 aliphatic heterocycles. The van der Waals surface area contributed by atoms with Gasteiger partial charge in [-0.1, -0.05) is 18.5 Å². The molecule has 0 aliphatic rings. The zero-order valence-electron chi connectivity index (χ0n) is 8.70. The monoisotopic (exact) mass is 247 g/mol. The van der Waals surface area contributed by atoms with Crippen molar-refractivity contribution in [3.8, 4) is 0 Å². The summed E-state index contributed by atoms with van der Waals surface area (Å²) in [7, 11) is 1.76. The van der Waals surface area contributed by atoms with Crippen LogP contribution in [0.15, 0.2) is 11.2 Å². The molecule has 0 radical (unpaired) electrons. The molecular formula is C9H14ClN3OS. The van der Waals surface area contributed by atoms with Crippen LogP contribution in [0.4, 0.5) is 5.95 Å². The number of thioether (sulfide) groups is 1. The molecule has 0 aliphatic carbocycles. The van der Waals surface area contributed by atoms with Gasteiger partial charge in [0.05, 0.1) is 11.2 Å². The molecule has 1 rings (SSSR count). The Hall–Kier alpha value is -0.520. The molecule has 1 aromatic heterocycles. The second kappa shape index (κ2) is 6.15. The molecule has 4 nitrogen and oxygen atoms in total. The van der Waals surface area contributed by atoms with E-state index in [1.807, 2.05) is 6.92 Å². The first-order chi connectivity index (χ1) is 7.17. The Kier molecular flexibility index (Phi) is 5.14. The Morgan fingerprint density at radius 1 is 1.67 bits per heavy atom. The van der Waals surface area contributed by atoms with E-state index in [-0.39, 0.29) is 12.5 Å². The fourth-order valence-electron chi connectivity index (χ4n) is 0.847. The van der Waals surface area contributed by atoms with Crippen molar-refractivity contribution in [1.82, 2.24) is 9.97 Å². The van der Waals surface area contributed by atoms with Gasteiger partial charge in [0.2, 0.25) is 5.95 Å². The molecule has 0 fully saturated rings. The highest BCUT2D eigenvalue weighted by molar-refractivity contribution is 7.99. The number of nitrogens with zero attached hydrogens (tertiary/aromatic N) is 2. The maximum Gasteiger partial charge on any atom is 0.223 e. The van der Waals surface area contributed by atoms with Crippen molar-refractivity contribution >= 4 is 29.3 Å². The number of aliphatic hydroxyl groups is 1. The molecule has 15 heavy (non-hydrogen) atoms. The van der Waals surface area contributed by atoms with Crippen molar-refractivity contribution in [2.75, 3.05) is 24.7 Å². The van der Waals surface area contributed by atoms with Crippen molar-refractivity contribution in [2.45, 2.75) is 11.9 Å². The summed E-state index contributed by atoms with van der Waals surface area (Å²) in [5.41, 5.74) is 0. The molecule has 0 aromatic carbocycles. The highest BCUT2D eigenvalue weighted by Crippen LogP contribution is 2.26. The zero-order valence-corrected chi connectivity index (χ0v) is 10.3. The predicted octanol–water partition coefficient (Wildman–Crippen LogP) is 1.89. The van der Waals surface area contributed by atoms with Gasteiger partial charge in [0.25, 0.3) is 0 Å². The lowest BCUT2D eigenvalue weighted by Crippen LogP contribution is -2.04. The van der Waals surface area contributed by atoms with E-state index in [1.54, 1.807) is 13.2 Å². The molecule has 84 valence electrons. The first kappa shape index (κ1) is 12.5. The topological polar surface area (TPSA) is 58.0 Å². The number of halogens is 1. The first-order valence-corrected chi connectivity index (χ1v) is 5.97. The van der Waals surface area contributed by atoms with E-state index in [0.29, 0.717) is 11.0 Å². The minimum atomic E-state index is 0.175. The van der Waals surface area contributed by atoms with Crippen LogP contribution in [-0.4, -0.2) is 34.5 Å². The van der Waals surface area contributed by atoms with Crippen LogP contribution in [0.25, 0.3) is 0 Å². The van der Waals surface area contributed by atoms with Crippen molar-refractivity contribution in [1.29, 1.82) is 0 Å². The fraction of sp³-hybridized carbons (Fsp3) is 0.556. The summed E-state index contributed by atoms with van der Waals surface area (Å²) in [4.78, 5) is 8.21. The minimum Gasteiger partial charge on any atom is -0.396 e. The van der Waals surface area contributed by atoms with Crippen molar-refractivity contribution < 1.29 is 5.11 Å². The standard InChI is InChI=1S/C9H14ClN3OS/c1-6(4-14)5-15-8-7(10)3-12-9(11-2)13-8/h3,6,14H,4-5H2,1-2H3,(H,11,12,13). The van der Waals surface area contributed by atoms with Crippen LogP contribution in [0.1, 0.15) is 6.92 Å². The third-order valence-corrected chi connectivity index (χ3v) is 3.46. The Morgan fingerprint density at radius 2 is 2.40 bits per heavy atom. The van der Waals surface area contributed by atoms with Crippen molar-refractivity contribution in [3.63, 3.8) is 0 Å². The van der Waals surface area contributed by atoms with Crippen LogP contribution in [0, 0.1) is 5.92 Å². The van der Waals surface area contributed by atoms with E-state index >= 15 is 0 Å². The SMILES string of the molecule is CNc1ncc(Cl)c(SCC(C)CO)n1. The molecule has 6 heteroatoms. The largest absolute Gasteiger partial charge is 0.396 e. The summed E-state index contributed by atoms with van der Waals surface area (Å²) in [6.45, 7) is 2.15. The molecular weight excluding hydrogens is 234 g/mol. The molecule has 1 unspecified atom stereocenters. The Bertz CT molecular complexity index is 324. The first-order valence-electron chi connectivity index (χ1n) is 4.61. The van der Waals surface area contributed by atoms with E-state index in [4.69, 9.17) is 16.7 Å². The third-order valence-electron chi connectivity index (χ3n) is 1.75. The lowest BCUT2D eigenvalue weighted by molar-refractivity contribution is 0.250. The highest BCUT2D eigenvalue weighted by atomic mass is 35.5. The maximum absolute atomic E-state index is 8.89. The zero-order chi connectivity index (χ0) is 11.3.